The van der Waals surface area contributed by atoms with Gasteiger partial charge in [-0.15, -0.1) is 0 Å². The van der Waals surface area contributed by atoms with Gasteiger partial charge in [-0.1, -0.05) is 12.1 Å². The summed E-state index contributed by atoms with van der Waals surface area (Å²) in [6, 6.07) is 11.1. The lowest BCUT2D eigenvalue weighted by atomic mass is 9.88. The lowest BCUT2D eigenvalue weighted by Gasteiger charge is -2.32. The predicted molar refractivity (Wildman–Crippen MR) is 121 cm³/mol. The summed E-state index contributed by atoms with van der Waals surface area (Å²) in [5.41, 5.74) is 2.47. The molecule has 3 aliphatic rings. The molecule has 1 saturated heterocycles. The first kappa shape index (κ1) is 21.2. The maximum atomic E-state index is 13.5. The molecule has 32 heavy (non-hydrogen) atoms. The number of carbonyl (C=O) groups excluding carboxylic acids is 1. The Morgan fingerprint density at radius 1 is 1.16 bits per heavy atom. The van der Waals surface area contributed by atoms with Crippen LogP contribution in [-0.2, 0) is 11.3 Å². The van der Waals surface area contributed by atoms with E-state index in [0.29, 0.717) is 18.0 Å². The lowest BCUT2D eigenvalue weighted by molar-refractivity contribution is -0.135. The van der Waals surface area contributed by atoms with E-state index in [0.717, 1.165) is 23.6 Å². The molecule has 2 fully saturated rings. The van der Waals surface area contributed by atoms with E-state index in [1.807, 2.05) is 41.0 Å². The van der Waals surface area contributed by atoms with E-state index in [4.69, 9.17) is 4.74 Å². The Kier molecular flexibility index (Phi) is 5.34. The predicted octanol–water partition coefficient (Wildman–Crippen LogP) is 1.99. The monoisotopic (exact) mass is 437 g/mol. The van der Waals surface area contributed by atoms with E-state index in [9.17, 15) is 14.7 Å². The number of aliphatic hydroxyl groups is 1. The standard InChI is InChI=1S/C25H31N3O4/c1-26(2)25(31)23-20(14-29)19-13-27-21(22(19)28(23)12-15-4-5-15)11-10-18(24(27)30)16-6-8-17(32-3)9-7-16/h6-11,15,19-20,22-23,29H,4-5,12-14H2,1-3H3/t19-,20-,22+,23-/m0/s1. The molecule has 0 bridgehead atoms. The Bertz CT molecular complexity index is 1070. The van der Waals surface area contributed by atoms with Crippen LogP contribution in [0.3, 0.4) is 0 Å². The number of benzene rings is 1. The van der Waals surface area contributed by atoms with Gasteiger partial charge in [-0.2, -0.15) is 0 Å². The van der Waals surface area contributed by atoms with Crippen LogP contribution >= 0.6 is 0 Å². The molecule has 0 unspecified atom stereocenters. The topological polar surface area (TPSA) is 75.0 Å². The highest BCUT2D eigenvalue weighted by atomic mass is 16.5. The number of hydrogen-bond acceptors (Lipinski definition) is 5. The van der Waals surface area contributed by atoms with Gasteiger partial charge < -0.3 is 19.3 Å². The highest BCUT2D eigenvalue weighted by Gasteiger charge is 2.56. The van der Waals surface area contributed by atoms with Crippen molar-refractivity contribution < 1.29 is 14.6 Å². The largest absolute Gasteiger partial charge is 0.497 e. The highest BCUT2D eigenvalue weighted by molar-refractivity contribution is 5.82. The average molecular weight is 438 g/mol. The summed E-state index contributed by atoms with van der Waals surface area (Å²) < 4.78 is 7.10. The van der Waals surface area contributed by atoms with Crippen molar-refractivity contribution in [2.45, 2.75) is 31.5 Å². The van der Waals surface area contributed by atoms with E-state index >= 15 is 0 Å². The molecule has 5 rings (SSSR count). The molecule has 0 spiro atoms. The summed E-state index contributed by atoms with van der Waals surface area (Å²) in [5, 5.41) is 10.3. The van der Waals surface area contributed by atoms with Crippen LogP contribution in [0.4, 0.5) is 0 Å². The van der Waals surface area contributed by atoms with Crippen molar-refractivity contribution in [1.29, 1.82) is 0 Å². The molecule has 1 saturated carbocycles. The van der Waals surface area contributed by atoms with Gasteiger partial charge in [0.1, 0.15) is 5.75 Å². The van der Waals surface area contributed by atoms with Gasteiger partial charge in [0.25, 0.3) is 5.56 Å². The second kappa shape index (κ2) is 8.05. The van der Waals surface area contributed by atoms with Crippen LogP contribution in [0.15, 0.2) is 41.2 Å². The lowest BCUT2D eigenvalue weighted by Crippen LogP contribution is -2.48. The van der Waals surface area contributed by atoms with E-state index in [1.54, 1.807) is 26.1 Å². The van der Waals surface area contributed by atoms with Gasteiger partial charge in [0.05, 0.1) is 19.2 Å². The Balaban J connectivity index is 1.55. The summed E-state index contributed by atoms with van der Waals surface area (Å²) in [4.78, 5) is 30.5. The molecular weight excluding hydrogens is 406 g/mol. The van der Waals surface area contributed by atoms with Gasteiger partial charge in [0, 0.05) is 56.9 Å². The molecule has 2 aromatic rings. The number of aliphatic hydroxyl groups excluding tert-OH is 1. The van der Waals surface area contributed by atoms with Gasteiger partial charge in [-0.05, 0) is 48.6 Å². The fourth-order valence-electron chi connectivity index (χ4n) is 5.65. The molecule has 7 nitrogen and oxygen atoms in total. The molecule has 1 aromatic carbocycles. The van der Waals surface area contributed by atoms with Gasteiger partial charge in [-0.25, -0.2) is 0 Å². The van der Waals surface area contributed by atoms with Crippen LogP contribution in [0.25, 0.3) is 11.1 Å². The number of amides is 1. The van der Waals surface area contributed by atoms with E-state index in [1.165, 1.54) is 12.8 Å². The van der Waals surface area contributed by atoms with Crippen LogP contribution in [0.2, 0.25) is 0 Å². The molecule has 1 aliphatic carbocycles. The third-order valence-corrected chi connectivity index (χ3v) is 7.45. The van der Waals surface area contributed by atoms with Crippen molar-refractivity contribution in [2.24, 2.45) is 17.8 Å². The van der Waals surface area contributed by atoms with Crippen LogP contribution in [-0.4, -0.2) is 65.8 Å². The number of fused-ring (bicyclic) bond motifs is 3. The van der Waals surface area contributed by atoms with Gasteiger partial charge in [0.2, 0.25) is 5.91 Å². The van der Waals surface area contributed by atoms with Crippen molar-refractivity contribution in [2.75, 3.05) is 34.4 Å². The SMILES string of the molecule is COc1ccc(-c2ccc3n(c2=O)C[C@H]2[C@H](CO)[C@@H](C(=O)N(C)C)N(CC4CC4)[C@@H]32)cc1. The first-order valence-electron chi connectivity index (χ1n) is 11.4. The number of nitrogens with zero attached hydrogens (tertiary/aromatic N) is 3. The maximum Gasteiger partial charge on any atom is 0.258 e. The summed E-state index contributed by atoms with van der Waals surface area (Å²) in [6.07, 6.45) is 2.37. The minimum atomic E-state index is -0.337. The third kappa shape index (κ3) is 3.35. The molecular formula is C25H31N3O4. The molecule has 4 atom stereocenters. The number of hydrogen-bond donors (Lipinski definition) is 1. The molecule has 2 aliphatic heterocycles. The van der Waals surface area contributed by atoms with Crippen molar-refractivity contribution in [3.05, 3.63) is 52.4 Å². The number of aromatic nitrogens is 1. The first-order chi connectivity index (χ1) is 15.4. The first-order valence-corrected chi connectivity index (χ1v) is 11.4. The summed E-state index contributed by atoms with van der Waals surface area (Å²) >= 11 is 0. The number of ether oxygens (including phenoxy) is 1. The Morgan fingerprint density at radius 2 is 1.88 bits per heavy atom. The Hall–Kier alpha value is -2.64. The van der Waals surface area contributed by atoms with E-state index < -0.39 is 0 Å². The van der Waals surface area contributed by atoms with Crippen molar-refractivity contribution in [1.82, 2.24) is 14.4 Å². The third-order valence-electron chi connectivity index (χ3n) is 7.45. The van der Waals surface area contributed by atoms with Crippen LogP contribution in [0.5, 0.6) is 5.75 Å². The fourth-order valence-corrected chi connectivity index (χ4v) is 5.65. The smallest absolute Gasteiger partial charge is 0.258 e. The molecule has 7 heteroatoms. The van der Waals surface area contributed by atoms with Crippen molar-refractivity contribution in [3.63, 3.8) is 0 Å². The van der Waals surface area contributed by atoms with Gasteiger partial charge in [-0.3, -0.25) is 14.5 Å². The summed E-state index contributed by atoms with van der Waals surface area (Å²) in [5.74, 6) is 1.26. The molecule has 1 N–H and O–H groups in total. The quantitative estimate of drug-likeness (QED) is 0.748. The second-order valence-electron chi connectivity index (χ2n) is 9.59. The second-order valence-corrected chi connectivity index (χ2v) is 9.59. The normalized spacial score (nSPS) is 26.6. The molecule has 170 valence electrons. The van der Waals surface area contributed by atoms with Crippen LogP contribution in [0.1, 0.15) is 24.6 Å². The van der Waals surface area contributed by atoms with E-state index in [-0.39, 0.29) is 42.0 Å². The zero-order chi connectivity index (χ0) is 22.6. The molecule has 1 amide bonds. The minimum absolute atomic E-state index is 0.0133. The Morgan fingerprint density at radius 3 is 2.47 bits per heavy atom. The molecule has 1 aromatic heterocycles. The number of rotatable bonds is 6. The summed E-state index contributed by atoms with van der Waals surface area (Å²) in [7, 11) is 5.18. The van der Waals surface area contributed by atoms with Crippen LogP contribution in [0, 0.1) is 17.8 Å². The highest BCUT2D eigenvalue weighted by Crippen LogP contribution is 2.51. The van der Waals surface area contributed by atoms with Crippen LogP contribution < -0.4 is 10.3 Å². The summed E-state index contributed by atoms with van der Waals surface area (Å²) in [6.45, 7) is 1.32. The number of likely N-dealkylation sites (N-methyl/N-ethyl adjacent to an activating group) is 1. The average Bonchev–Trinajstić information content (AvgIpc) is 3.46. The zero-order valence-corrected chi connectivity index (χ0v) is 18.9. The van der Waals surface area contributed by atoms with Gasteiger partial charge in [0.15, 0.2) is 0 Å². The van der Waals surface area contributed by atoms with Crippen molar-refractivity contribution >= 4 is 5.91 Å². The number of pyridine rings is 1. The maximum absolute atomic E-state index is 13.5. The van der Waals surface area contributed by atoms with E-state index in [2.05, 4.69) is 4.90 Å². The molecule has 3 heterocycles. The van der Waals surface area contributed by atoms with Gasteiger partial charge >= 0.3 is 0 Å². The fraction of sp³-hybridized carbons (Fsp3) is 0.520. The number of carbonyl (C=O) groups is 1. The zero-order valence-electron chi connectivity index (χ0n) is 18.9. The number of methoxy groups -OCH3 is 1. The number of likely N-dealkylation sites (tertiary alicyclic amines) is 1. The van der Waals surface area contributed by atoms with Crippen molar-refractivity contribution in [3.8, 4) is 16.9 Å². The Labute approximate surface area is 188 Å². The minimum Gasteiger partial charge on any atom is -0.497 e. The molecule has 0 radical (unpaired) electrons.